The summed E-state index contributed by atoms with van der Waals surface area (Å²) in [5, 5.41) is 8.13. The monoisotopic (exact) mass is 330 g/mol. The van der Waals surface area contributed by atoms with E-state index >= 15 is 0 Å². The van der Waals surface area contributed by atoms with Crippen LogP contribution in [0, 0.1) is 0 Å². The van der Waals surface area contributed by atoms with Crippen LogP contribution in [0.3, 0.4) is 0 Å². The molecule has 128 valence electrons. The van der Waals surface area contributed by atoms with Gasteiger partial charge in [0.1, 0.15) is 0 Å². The molecule has 1 fully saturated rings. The molecule has 1 aromatic heterocycles. The normalized spacial score (nSPS) is 14.3. The number of nitrogens with zero attached hydrogens (tertiary/aromatic N) is 4. The Hall–Kier alpha value is -2.24. The molecule has 0 spiro atoms. The van der Waals surface area contributed by atoms with Crippen molar-refractivity contribution in [3.63, 3.8) is 0 Å². The SMILES string of the molecule is O=C(CCc1ccc(-n2cc(CCCF)nn2)cc1)N1CCCC1. The third kappa shape index (κ3) is 4.19. The molecule has 0 N–H and O–H groups in total. The lowest BCUT2D eigenvalue weighted by Crippen LogP contribution is -2.27. The number of aryl methyl sites for hydroxylation is 2. The maximum atomic E-state index is 12.2. The summed E-state index contributed by atoms with van der Waals surface area (Å²) < 4.78 is 13.9. The number of benzene rings is 1. The van der Waals surface area contributed by atoms with Gasteiger partial charge in [-0.3, -0.25) is 9.18 Å². The second-order valence-corrected chi connectivity index (χ2v) is 6.20. The first-order valence-electron chi connectivity index (χ1n) is 8.60. The second kappa shape index (κ2) is 8.04. The van der Waals surface area contributed by atoms with E-state index in [0.717, 1.165) is 49.3 Å². The van der Waals surface area contributed by atoms with Crippen molar-refractivity contribution in [2.45, 2.75) is 38.5 Å². The Morgan fingerprint density at radius 1 is 1.12 bits per heavy atom. The molecule has 0 saturated carbocycles. The zero-order valence-corrected chi connectivity index (χ0v) is 13.8. The first-order valence-corrected chi connectivity index (χ1v) is 8.60. The van der Waals surface area contributed by atoms with Crippen molar-refractivity contribution in [1.82, 2.24) is 19.9 Å². The van der Waals surface area contributed by atoms with Crippen LogP contribution in [0.15, 0.2) is 30.5 Å². The summed E-state index contributed by atoms with van der Waals surface area (Å²) in [6.07, 6.45) is 6.50. The zero-order valence-electron chi connectivity index (χ0n) is 13.8. The molecule has 0 radical (unpaired) electrons. The van der Waals surface area contributed by atoms with Crippen LogP contribution in [0.1, 0.15) is 36.9 Å². The van der Waals surface area contributed by atoms with Gasteiger partial charge >= 0.3 is 0 Å². The summed E-state index contributed by atoms with van der Waals surface area (Å²) in [6, 6.07) is 8.00. The first kappa shape index (κ1) is 16.6. The average Bonchev–Trinajstić information content (AvgIpc) is 3.30. The molecular formula is C18H23FN4O. The highest BCUT2D eigenvalue weighted by Crippen LogP contribution is 2.14. The molecule has 1 saturated heterocycles. The van der Waals surface area contributed by atoms with Crippen molar-refractivity contribution in [2.24, 2.45) is 0 Å². The van der Waals surface area contributed by atoms with Crippen LogP contribution in [0.4, 0.5) is 4.39 Å². The fourth-order valence-corrected chi connectivity index (χ4v) is 2.98. The van der Waals surface area contributed by atoms with Crippen molar-refractivity contribution in [3.05, 3.63) is 41.7 Å². The van der Waals surface area contributed by atoms with Crippen LogP contribution in [0.25, 0.3) is 5.69 Å². The summed E-state index contributed by atoms with van der Waals surface area (Å²) >= 11 is 0. The molecule has 3 rings (SSSR count). The Morgan fingerprint density at radius 2 is 1.88 bits per heavy atom. The summed E-state index contributed by atoms with van der Waals surface area (Å²) in [4.78, 5) is 14.0. The molecule has 1 aliphatic rings. The molecule has 0 unspecified atom stereocenters. The van der Waals surface area contributed by atoms with Gasteiger partial charge in [0.05, 0.1) is 24.3 Å². The first-order chi connectivity index (χ1) is 11.8. The van der Waals surface area contributed by atoms with E-state index in [4.69, 9.17) is 0 Å². The van der Waals surface area contributed by atoms with Gasteiger partial charge < -0.3 is 4.90 Å². The third-order valence-corrected chi connectivity index (χ3v) is 4.39. The molecule has 2 heterocycles. The van der Waals surface area contributed by atoms with E-state index in [1.165, 1.54) is 0 Å². The standard InChI is InChI=1S/C18H23FN4O/c19-11-3-4-16-14-23(21-20-16)17-8-5-15(6-9-17)7-10-18(24)22-12-1-2-13-22/h5-6,8-9,14H,1-4,7,10-13H2. The van der Waals surface area contributed by atoms with Crippen LogP contribution in [0.5, 0.6) is 0 Å². The summed E-state index contributed by atoms with van der Waals surface area (Å²) in [5.41, 5.74) is 2.86. The third-order valence-electron chi connectivity index (χ3n) is 4.39. The molecule has 2 aromatic rings. The zero-order chi connectivity index (χ0) is 16.8. The number of alkyl halides is 1. The molecule has 5 nitrogen and oxygen atoms in total. The number of hydrogen-bond donors (Lipinski definition) is 0. The molecule has 0 atom stereocenters. The quantitative estimate of drug-likeness (QED) is 0.784. The van der Waals surface area contributed by atoms with Gasteiger partial charge in [0.15, 0.2) is 0 Å². The molecule has 24 heavy (non-hydrogen) atoms. The van der Waals surface area contributed by atoms with Gasteiger partial charge in [-0.1, -0.05) is 17.3 Å². The number of halogens is 1. The Balaban J connectivity index is 1.54. The maximum Gasteiger partial charge on any atom is 0.222 e. The smallest absolute Gasteiger partial charge is 0.222 e. The minimum Gasteiger partial charge on any atom is -0.343 e. The summed E-state index contributed by atoms with van der Waals surface area (Å²) in [6.45, 7) is 1.49. The number of aromatic nitrogens is 3. The number of amides is 1. The van der Waals surface area contributed by atoms with Gasteiger partial charge in [-0.15, -0.1) is 5.10 Å². The number of likely N-dealkylation sites (tertiary alicyclic amines) is 1. The summed E-state index contributed by atoms with van der Waals surface area (Å²) in [7, 11) is 0. The fraction of sp³-hybridized carbons (Fsp3) is 0.500. The van der Waals surface area contributed by atoms with E-state index < -0.39 is 0 Å². The topological polar surface area (TPSA) is 51.0 Å². The maximum absolute atomic E-state index is 12.2. The number of carbonyl (C=O) groups is 1. The van der Waals surface area contributed by atoms with E-state index in [0.29, 0.717) is 19.3 Å². The average molecular weight is 330 g/mol. The van der Waals surface area contributed by atoms with E-state index in [2.05, 4.69) is 10.3 Å². The van der Waals surface area contributed by atoms with Gasteiger partial charge in [0, 0.05) is 19.5 Å². The fourth-order valence-electron chi connectivity index (χ4n) is 2.98. The lowest BCUT2D eigenvalue weighted by Gasteiger charge is -2.14. The van der Waals surface area contributed by atoms with E-state index in [1.54, 1.807) is 4.68 Å². The van der Waals surface area contributed by atoms with Crippen molar-refractivity contribution >= 4 is 5.91 Å². The van der Waals surface area contributed by atoms with Crippen LogP contribution in [0.2, 0.25) is 0 Å². The highest BCUT2D eigenvalue weighted by molar-refractivity contribution is 5.76. The van der Waals surface area contributed by atoms with Crippen LogP contribution in [-0.4, -0.2) is 45.6 Å². The molecule has 1 amide bonds. The minimum atomic E-state index is -0.336. The predicted octanol–water partition coefficient (Wildman–Crippen LogP) is 2.72. The lowest BCUT2D eigenvalue weighted by atomic mass is 10.1. The van der Waals surface area contributed by atoms with Crippen molar-refractivity contribution in [3.8, 4) is 5.69 Å². The van der Waals surface area contributed by atoms with Crippen LogP contribution in [-0.2, 0) is 17.6 Å². The van der Waals surface area contributed by atoms with Crippen LogP contribution >= 0.6 is 0 Å². The Bertz CT molecular complexity index is 662. The Labute approximate surface area is 141 Å². The molecular weight excluding hydrogens is 307 g/mol. The molecule has 0 bridgehead atoms. The Kier molecular flexibility index (Phi) is 5.56. The van der Waals surface area contributed by atoms with Gasteiger partial charge in [0.25, 0.3) is 0 Å². The highest BCUT2D eigenvalue weighted by Gasteiger charge is 2.17. The number of rotatable bonds is 7. The van der Waals surface area contributed by atoms with Crippen molar-refractivity contribution in [1.29, 1.82) is 0 Å². The lowest BCUT2D eigenvalue weighted by molar-refractivity contribution is -0.130. The molecule has 1 aliphatic heterocycles. The summed E-state index contributed by atoms with van der Waals surface area (Å²) in [5.74, 6) is 0.255. The van der Waals surface area contributed by atoms with Gasteiger partial charge in [-0.2, -0.15) is 0 Å². The largest absolute Gasteiger partial charge is 0.343 e. The molecule has 0 aliphatic carbocycles. The van der Waals surface area contributed by atoms with E-state index in [-0.39, 0.29) is 12.6 Å². The van der Waals surface area contributed by atoms with E-state index in [1.807, 2.05) is 35.4 Å². The van der Waals surface area contributed by atoms with Gasteiger partial charge in [-0.25, -0.2) is 4.68 Å². The van der Waals surface area contributed by atoms with Gasteiger partial charge in [0.2, 0.25) is 5.91 Å². The van der Waals surface area contributed by atoms with Crippen molar-refractivity contribution in [2.75, 3.05) is 19.8 Å². The van der Waals surface area contributed by atoms with Crippen molar-refractivity contribution < 1.29 is 9.18 Å². The minimum absolute atomic E-state index is 0.255. The highest BCUT2D eigenvalue weighted by atomic mass is 19.1. The molecule has 1 aromatic carbocycles. The van der Waals surface area contributed by atoms with Crippen LogP contribution < -0.4 is 0 Å². The Morgan fingerprint density at radius 3 is 2.58 bits per heavy atom. The second-order valence-electron chi connectivity index (χ2n) is 6.20. The number of carbonyl (C=O) groups excluding carboxylic acids is 1. The number of hydrogen-bond acceptors (Lipinski definition) is 3. The van der Waals surface area contributed by atoms with E-state index in [9.17, 15) is 9.18 Å². The van der Waals surface area contributed by atoms with Gasteiger partial charge in [-0.05, 0) is 49.8 Å². The molecule has 6 heteroatoms. The predicted molar refractivity (Wildman–Crippen MR) is 89.8 cm³/mol.